The number of aliphatic hydroxyl groups excluding tert-OH is 1. The zero-order valence-corrected chi connectivity index (χ0v) is 9.65. The summed E-state index contributed by atoms with van der Waals surface area (Å²) in [6.45, 7) is 1.41. The Morgan fingerprint density at radius 3 is 2.78 bits per heavy atom. The summed E-state index contributed by atoms with van der Waals surface area (Å²) < 4.78 is 0. The highest BCUT2D eigenvalue weighted by Gasteiger charge is 2.35. The van der Waals surface area contributed by atoms with Crippen molar-refractivity contribution in [2.45, 2.75) is 18.9 Å². The maximum absolute atomic E-state index is 11.7. The van der Waals surface area contributed by atoms with E-state index in [0.717, 1.165) is 0 Å². The Bertz CT molecular complexity index is 479. The van der Waals surface area contributed by atoms with E-state index in [2.05, 4.69) is 20.9 Å². The SMILES string of the molecule is C[C@H](O)C(=O)C1=NC2=C(NC1)NC(N)(N)NC2=O. The van der Waals surface area contributed by atoms with Gasteiger partial charge in [-0.15, -0.1) is 0 Å². The van der Waals surface area contributed by atoms with E-state index in [1.165, 1.54) is 6.92 Å². The van der Waals surface area contributed by atoms with Gasteiger partial charge in [0.15, 0.2) is 5.70 Å². The van der Waals surface area contributed by atoms with Gasteiger partial charge in [0.2, 0.25) is 11.7 Å². The van der Waals surface area contributed by atoms with Crippen LogP contribution in [-0.4, -0.2) is 41.1 Å². The van der Waals surface area contributed by atoms with Gasteiger partial charge in [0.25, 0.3) is 5.91 Å². The highest BCUT2D eigenvalue weighted by Crippen LogP contribution is 2.13. The number of aliphatic imine (C=N–C) groups is 1. The quantitative estimate of drug-likeness (QED) is 0.278. The van der Waals surface area contributed by atoms with Gasteiger partial charge >= 0.3 is 0 Å². The fourth-order valence-electron chi connectivity index (χ4n) is 1.62. The number of nitrogens with two attached hydrogens (primary N) is 2. The Balaban J connectivity index is 2.33. The largest absolute Gasteiger partial charge is 0.385 e. The van der Waals surface area contributed by atoms with Crippen molar-refractivity contribution < 1.29 is 14.7 Å². The van der Waals surface area contributed by atoms with Crippen LogP contribution in [0.15, 0.2) is 16.5 Å². The molecule has 2 rings (SSSR count). The molecule has 0 aliphatic carbocycles. The smallest absolute Gasteiger partial charge is 0.277 e. The first-order chi connectivity index (χ1) is 8.30. The van der Waals surface area contributed by atoms with Crippen LogP contribution in [0.2, 0.25) is 0 Å². The van der Waals surface area contributed by atoms with Crippen LogP contribution in [0.25, 0.3) is 0 Å². The minimum absolute atomic E-state index is 0.0169. The molecule has 9 nitrogen and oxygen atoms in total. The second-order valence-corrected chi connectivity index (χ2v) is 4.12. The molecule has 8 N–H and O–H groups in total. The van der Waals surface area contributed by atoms with Crippen LogP contribution in [0, 0.1) is 0 Å². The summed E-state index contributed by atoms with van der Waals surface area (Å²) in [7, 11) is 0. The first-order valence-electron chi connectivity index (χ1n) is 5.26. The van der Waals surface area contributed by atoms with Gasteiger partial charge in [0.05, 0.1) is 6.54 Å². The van der Waals surface area contributed by atoms with E-state index in [1.54, 1.807) is 0 Å². The maximum atomic E-state index is 11.7. The molecule has 0 unspecified atom stereocenters. The number of aliphatic hydroxyl groups is 1. The zero-order chi connectivity index (χ0) is 13.5. The Labute approximate surface area is 102 Å². The number of nitrogens with one attached hydrogen (secondary N) is 3. The van der Waals surface area contributed by atoms with Crippen molar-refractivity contribution in [3.8, 4) is 0 Å². The maximum Gasteiger partial charge on any atom is 0.277 e. The van der Waals surface area contributed by atoms with E-state index in [0.29, 0.717) is 0 Å². The molecule has 0 saturated heterocycles. The number of rotatable bonds is 2. The molecule has 2 aliphatic rings. The van der Waals surface area contributed by atoms with Crippen molar-refractivity contribution in [1.82, 2.24) is 16.0 Å². The molecular weight excluding hydrogens is 240 g/mol. The molecule has 0 spiro atoms. The number of ketones is 1. The van der Waals surface area contributed by atoms with Crippen LogP contribution in [-0.2, 0) is 9.59 Å². The third-order valence-corrected chi connectivity index (χ3v) is 2.45. The van der Waals surface area contributed by atoms with Gasteiger partial charge in [-0.05, 0) is 6.92 Å². The third kappa shape index (κ3) is 2.18. The average Bonchev–Trinajstić information content (AvgIpc) is 2.26. The molecule has 0 radical (unpaired) electrons. The number of carbonyl (C=O) groups excluding carboxylic acids is 2. The van der Waals surface area contributed by atoms with Crippen LogP contribution in [0.3, 0.4) is 0 Å². The van der Waals surface area contributed by atoms with Crippen LogP contribution in [0.4, 0.5) is 0 Å². The lowest BCUT2D eigenvalue weighted by Crippen LogP contribution is -2.75. The summed E-state index contributed by atoms with van der Waals surface area (Å²) in [5, 5.41) is 16.9. The predicted octanol–water partition coefficient (Wildman–Crippen LogP) is -3.60. The molecule has 0 saturated carbocycles. The van der Waals surface area contributed by atoms with Gasteiger partial charge in [0, 0.05) is 0 Å². The summed E-state index contributed by atoms with van der Waals surface area (Å²) in [6.07, 6.45) is -1.17. The summed E-state index contributed by atoms with van der Waals surface area (Å²) in [4.78, 5) is 27.2. The minimum atomic E-state index is -1.57. The molecule has 18 heavy (non-hydrogen) atoms. The number of amides is 1. The highest BCUT2D eigenvalue weighted by atomic mass is 16.3. The van der Waals surface area contributed by atoms with E-state index in [1.807, 2.05) is 0 Å². The Morgan fingerprint density at radius 2 is 2.17 bits per heavy atom. The number of Topliss-reactive ketones (excluding diaryl/α,β-unsaturated/α-hetero) is 1. The molecule has 98 valence electrons. The van der Waals surface area contributed by atoms with Crippen molar-refractivity contribution in [3.05, 3.63) is 11.5 Å². The van der Waals surface area contributed by atoms with Crippen molar-refractivity contribution in [2.75, 3.05) is 6.54 Å². The number of carbonyl (C=O) groups is 2. The van der Waals surface area contributed by atoms with Crippen molar-refractivity contribution in [2.24, 2.45) is 16.5 Å². The summed E-state index contributed by atoms with van der Waals surface area (Å²) >= 11 is 0. The van der Waals surface area contributed by atoms with E-state index < -0.39 is 23.7 Å². The van der Waals surface area contributed by atoms with E-state index in [9.17, 15) is 14.7 Å². The first kappa shape index (κ1) is 12.5. The topological polar surface area (TPSA) is 155 Å². The lowest BCUT2D eigenvalue weighted by atomic mass is 10.1. The van der Waals surface area contributed by atoms with Gasteiger partial charge in [0.1, 0.15) is 17.6 Å². The second kappa shape index (κ2) is 4.05. The molecule has 2 aliphatic heterocycles. The third-order valence-electron chi connectivity index (χ3n) is 2.45. The minimum Gasteiger partial charge on any atom is -0.385 e. The van der Waals surface area contributed by atoms with Gasteiger partial charge in [-0.2, -0.15) is 0 Å². The summed E-state index contributed by atoms with van der Waals surface area (Å²) in [6, 6.07) is 0. The summed E-state index contributed by atoms with van der Waals surface area (Å²) in [5.41, 5.74) is 11.1. The highest BCUT2D eigenvalue weighted by molar-refractivity contribution is 6.42. The van der Waals surface area contributed by atoms with Gasteiger partial charge < -0.3 is 21.1 Å². The summed E-state index contributed by atoms with van der Waals surface area (Å²) in [5.74, 6) is -2.45. The van der Waals surface area contributed by atoms with E-state index >= 15 is 0 Å². The van der Waals surface area contributed by atoms with Gasteiger partial charge in [-0.25, -0.2) is 4.99 Å². The molecule has 0 aromatic heterocycles. The molecule has 0 aromatic carbocycles. The fraction of sp³-hybridized carbons (Fsp3) is 0.444. The van der Waals surface area contributed by atoms with Gasteiger partial charge in [-0.1, -0.05) is 0 Å². The van der Waals surface area contributed by atoms with Crippen molar-refractivity contribution in [1.29, 1.82) is 0 Å². The monoisotopic (exact) mass is 254 g/mol. The molecule has 1 atom stereocenters. The lowest BCUT2D eigenvalue weighted by Gasteiger charge is -2.35. The standard InChI is InChI=1S/C9H14N6O3/c1-3(16)6(17)4-2-12-7-5(13-4)8(18)15-9(10,11)14-7/h3,12,14,16H,2,10-11H2,1H3,(H,15,18)/t3-/m0/s1. The molecule has 0 aromatic rings. The molecule has 1 amide bonds. The van der Waals surface area contributed by atoms with E-state index in [-0.39, 0.29) is 23.8 Å². The number of hydrogen-bond acceptors (Lipinski definition) is 8. The first-order valence-corrected chi connectivity index (χ1v) is 5.26. The molecule has 2 heterocycles. The normalized spacial score (nSPS) is 23.1. The lowest BCUT2D eigenvalue weighted by molar-refractivity contribution is -0.120. The number of hydrogen-bond donors (Lipinski definition) is 6. The van der Waals surface area contributed by atoms with Crippen LogP contribution < -0.4 is 27.4 Å². The molecule has 0 fully saturated rings. The van der Waals surface area contributed by atoms with Crippen LogP contribution >= 0.6 is 0 Å². The fourth-order valence-corrected chi connectivity index (χ4v) is 1.62. The predicted molar refractivity (Wildman–Crippen MR) is 61.5 cm³/mol. The zero-order valence-electron chi connectivity index (χ0n) is 9.65. The molecule has 0 bridgehead atoms. The number of nitrogens with zero attached hydrogens (tertiary/aromatic N) is 1. The van der Waals surface area contributed by atoms with Gasteiger partial charge in [-0.3, -0.25) is 21.1 Å². The van der Waals surface area contributed by atoms with Crippen LogP contribution in [0.5, 0.6) is 0 Å². The Hall–Kier alpha value is -1.97. The van der Waals surface area contributed by atoms with E-state index in [4.69, 9.17) is 11.5 Å². The Morgan fingerprint density at radius 1 is 1.50 bits per heavy atom. The van der Waals surface area contributed by atoms with Crippen molar-refractivity contribution >= 4 is 17.4 Å². The second-order valence-electron chi connectivity index (χ2n) is 4.12. The Kier molecular flexibility index (Phi) is 2.81. The van der Waals surface area contributed by atoms with Crippen molar-refractivity contribution in [3.63, 3.8) is 0 Å². The average molecular weight is 254 g/mol. The molecule has 9 heteroatoms. The van der Waals surface area contributed by atoms with Crippen LogP contribution in [0.1, 0.15) is 6.92 Å². The molecular formula is C9H14N6O3.